The van der Waals surface area contributed by atoms with Crippen LogP contribution in [0, 0.1) is 0 Å². The fourth-order valence-electron chi connectivity index (χ4n) is 2.76. The van der Waals surface area contributed by atoms with Crippen LogP contribution in [0.25, 0.3) is 0 Å². The number of nitrogens with two attached hydrogens (primary N) is 1. The highest BCUT2D eigenvalue weighted by atomic mass is 16.5. The first-order valence-corrected chi connectivity index (χ1v) is 7.81. The van der Waals surface area contributed by atoms with E-state index in [0.717, 1.165) is 18.4 Å². The minimum Gasteiger partial charge on any atom is -0.493 e. The molecule has 0 spiro atoms. The Balaban J connectivity index is 2.12. The number of hydrogen-bond donors (Lipinski definition) is 1. The lowest BCUT2D eigenvalue weighted by molar-refractivity contribution is -0.141. The molecule has 2 N–H and O–H groups in total. The molecule has 2 rings (SSSR count). The summed E-state index contributed by atoms with van der Waals surface area (Å²) in [5.41, 5.74) is 6.91. The van der Waals surface area contributed by atoms with E-state index < -0.39 is 6.04 Å². The minimum absolute atomic E-state index is 0.145. The van der Waals surface area contributed by atoms with Gasteiger partial charge in [0, 0.05) is 6.04 Å². The van der Waals surface area contributed by atoms with Crippen molar-refractivity contribution in [3.8, 4) is 11.5 Å². The molecule has 0 radical (unpaired) electrons. The smallest absolute Gasteiger partial charge is 0.307 e. The molecule has 1 aromatic carbocycles. The van der Waals surface area contributed by atoms with Gasteiger partial charge in [-0.05, 0) is 43.4 Å². The number of hydrogen-bond acceptors (Lipinski definition) is 5. The zero-order valence-electron chi connectivity index (χ0n) is 13.3. The summed E-state index contributed by atoms with van der Waals surface area (Å²) in [4.78, 5) is 11.4. The van der Waals surface area contributed by atoms with Gasteiger partial charge in [0.1, 0.15) is 0 Å². The number of carbonyl (C=O) groups is 1. The van der Waals surface area contributed by atoms with Crippen LogP contribution >= 0.6 is 0 Å². The third kappa shape index (κ3) is 4.37. The van der Waals surface area contributed by atoms with Crippen LogP contribution in [0.2, 0.25) is 0 Å². The molecule has 1 aromatic rings. The monoisotopic (exact) mass is 307 g/mol. The molecular formula is C17H25NO4. The second kappa shape index (κ2) is 8.03. The van der Waals surface area contributed by atoms with Gasteiger partial charge in [0.05, 0.1) is 26.7 Å². The lowest BCUT2D eigenvalue weighted by atomic mass is 9.97. The van der Waals surface area contributed by atoms with Crippen LogP contribution < -0.4 is 15.2 Å². The van der Waals surface area contributed by atoms with Crippen molar-refractivity contribution < 1.29 is 19.0 Å². The molecule has 22 heavy (non-hydrogen) atoms. The highest BCUT2D eigenvalue weighted by Crippen LogP contribution is 2.33. The summed E-state index contributed by atoms with van der Waals surface area (Å²) in [7, 11) is 2.98. The SMILES string of the molecule is COC(=O)CC(N)c1ccc(OC)c(OC2CCCCC2)c1. The normalized spacial score (nSPS) is 16.9. The Labute approximate surface area is 131 Å². The highest BCUT2D eigenvalue weighted by Gasteiger charge is 2.19. The van der Waals surface area contributed by atoms with E-state index in [2.05, 4.69) is 4.74 Å². The number of rotatable bonds is 6. The van der Waals surface area contributed by atoms with Crippen LogP contribution in [-0.2, 0) is 9.53 Å². The third-order valence-corrected chi connectivity index (χ3v) is 4.08. The lowest BCUT2D eigenvalue weighted by Gasteiger charge is -2.24. The fourth-order valence-corrected chi connectivity index (χ4v) is 2.76. The van der Waals surface area contributed by atoms with Gasteiger partial charge in [0.2, 0.25) is 0 Å². The van der Waals surface area contributed by atoms with Crippen LogP contribution in [-0.4, -0.2) is 26.3 Å². The summed E-state index contributed by atoms with van der Waals surface area (Å²) in [6.45, 7) is 0. The Bertz CT molecular complexity index is 497. The molecule has 0 aromatic heterocycles. The van der Waals surface area contributed by atoms with Crippen molar-refractivity contribution in [3.05, 3.63) is 23.8 Å². The maximum absolute atomic E-state index is 11.4. The quantitative estimate of drug-likeness (QED) is 0.818. The second-order valence-corrected chi connectivity index (χ2v) is 5.67. The summed E-state index contributed by atoms with van der Waals surface area (Å²) < 4.78 is 16.1. The van der Waals surface area contributed by atoms with Gasteiger partial charge in [0.25, 0.3) is 0 Å². The average molecular weight is 307 g/mol. The van der Waals surface area contributed by atoms with Crippen molar-refractivity contribution in [2.75, 3.05) is 14.2 Å². The van der Waals surface area contributed by atoms with E-state index >= 15 is 0 Å². The summed E-state index contributed by atoms with van der Waals surface area (Å²) in [5.74, 6) is 1.07. The van der Waals surface area contributed by atoms with Gasteiger partial charge in [-0.15, -0.1) is 0 Å². The molecule has 0 bridgehead atoms. The van der Waals surface area contributed by atoms with Crippen molar-refractivity contribution in [3.63, 3.8) is 0 Å². The number of carbonyl (C=O) groups excluding carboxylic acids is 1. The molecule has 1 fully saturated rings. The first kappa shape index (κ1) is 16.6. The topological polar surface area (TPSA) is 70.8 Å². The molecule has 0 aliphatic heterocycles. The van der Waals surface area contributed by atoms with Crippen LogP contribution in [0.5, 0.6) is 11.5 Å². The molecule has 1 saturated carbocycles. The standard InChI is InChI=1S/C17H25NO4/c1-20-15-9-8-12(14(18)11-17(19)21-2)10-16(15)22-13-6-4-3-5-7-13/h8-10,13-14H,3-7,11,18H2,1-2H3. The Morgan fingerprint density at radius 1 is 1.23 bits per heavy atom. The zero-order valence-corrected chi connectivity index (χ0v) is 13.3. The van der Waals surface area contributed by atoms with Gasteiger partial charge in [-0.25, -0.2) is 0 Å². The van der Waals surface area contributed by atoms with Crippen molar-refractivity contribution in [2.45, 2.75) is 50.7 Å². The molecule has 0 saturated heterocycles. The Hall–Kier alpha value is -1.75. The van der Waals surface area contributed by atoms with E-state index in [4.69, 9.17) is 15.2 Å². The summed E-state index contributed by atoms with van der Waals surface area (Å²) in [6, 6.07) is 5.17. The van der Waals surface area contributed by atoms with Gasteiger partial charge in [-0.3, -0.25) is 4.79 Å². The maximum atomic E-state index is 11.4. The van der Waals surface area contributed by atoms with Gasteiger partial charge >= 0.3 is 5.97 Å². The first-order valence-electron chi connectivity index (χ1n) is 7.81. The van der Waals surface area contributed by atoms with E-state index in [9.17, 15) is 4.79 Å². The van der Waals surface area contributed by atoms with Gasteiger partial charge < -0.3 is 19.9 Å². The van der Waals surface area contributed by atoms with E-state index in [0.29, 0.717) is 11.5 Å². The first-order chi connectivity index (χ1) is 10.6. The predicted molar refractivity (Wildman–Crippen MR) is 84.1 cm³/mol. The minimum atomic E-state index is -0.410. The Kier molecular flexibility index (Phi) is 6.07. The van der Waals surface area contributed by atoms with Crippen molar-refractivity contribution in [1.29, 1.82) is 0 Å². The number of methoxy groups -OCH3 is 2. The number of benzene rings is 1. The second-order valence-electron chi connectivity index (χ2n) is 5.67. The van der Waals surface area contributed by atoms with Crippen LogP contribution in [0.15, 0.2) is 18.2 Å². The highest BCUT2D eigenvalue weighted by molar-refractivity contribution is 5.70. The number of ether oxygens (including phenoxy) is 3. The molecule has 0 heterocycles. The maximum Gasteiger partial charge on any atom is 0.307 e. The molecule has 0 amide bonds. The van der Waals surface area contributed by atoms with E-state index in [1.807, 2.05) is 18.2 Å². The van der Waals surface area contributed by atoms with E-state index in [1.54, 1.807) is 7.11 Å². The summed E-state index contributed by atoms with van der Waals surface area (Å²) in [6.07, 6.45) is 6.20. The van der Waals surface area contributed by atoms with E-state index in [-0.39, 0.29) is 18.5 Å². The molecule has 1 unspecified atom stereocenters. The zero-order chi connectivity index (χ0) is 15.9. The molecule has 5 nitrogen and oxygen atoms in total. The Morgan fingerprint density at radius 3 is 2.59 bits per heavy atom. The van der Waals surface area contributed by atoms with Crippen molar-refractivity contribution in [1.82, 2.24) is 0 Å². The van der Waals surface area contributed by atoms with Crippen LogP contribution in [0.1, 0.15) is 50.1 Å². The van der Waals surface area contributed by atoms with Crippen molar-refractivity contribution >= 4 is 5.97 Å². The average Bonchev–Trinajstić information content (AvgIpc) is 2.55. The largest absolute Gasteiger partial charge is 0.493 e. The fraction of sp³-hybridized carbons (Fsp3) is 0.588. The Morgan fingerprint density at radius 2 is 1.95 bits per heavy atom. The van der Waals surface area contributed by atoms with E-state index in [1.165, 1.54) is 26.4 Å². The molecule has 5 heteroatoms. The van der Waals surface area contributed by atoms with Gasteiger partial charge in [-0.1, -0.05) is 12.5 Å². The summed E-state index contributed by atoms with van der Waals surface area (Å²) >= 11 is 0. The molecular weight excluding hydrogens is 282 g/mol. The van der Waals surface area contributed by atoms with Gasteiger partial charge in [-0.2, -0.15) is 0 Å². The molecule has 122 valence electrons. The van der Waals surface area contributed by atoms with Crippen LogP contribution in [0.3, 0.4) is 0 Å². The third-order valence-electron chi connectivity index (χ3n) is 4.08. The van der Waals surface area contributed by atoms with Crippen molar-refractivity contribution in [2.24, 2.45) is 5.73 Å². The van der Waals surface area contributed by atoms with Gasteiger partial charge in [0.15, 0.2) is 11.5 Å². The lowest BCUT2D eigenvalue weighted by Crippen LogP contribution is -2.20. The molecule has 1 aliphatic rings. The molecule has 1 aliphatic carbocycles. The summed E-state index contributed by atoms with van der Waals surface area (Å²) in [5, 5.41) is 0. The predicted octanol–water partition coefficient (Wildman–Crippen LogP) is 2.97. The number of esters is 1. The van der Waals surface area contributed by atoms with Crippen LogP contribution in [0.4, 0.5) is 0 Å². The molecule has 1 atom stereocenters.